The van der Waals surface area contributed by atoms with Crippen LogP contribution in [0.4, 0.5) is 4.79 Å². The normalized spacial score (nSPS) is 16.9. The van der Waals surface area contributed by atoms with Crippen LogP contribution in [0.1, 0.15) is 64.9 Å². The minimum absolute atomic E-state index is 0.0380. The molecular weight excluding hydrogens is 382 g/mol. The first-order valence-corrected chi connectivity index (χ1v) is 10.8. The average Bonchev–Trinajstić information content (AvgIpc) is 2.74. The highest BCUT2D eigenvalue weighted by atomic mass is 16.5. The SMILES string of the molecule is COC(=O)[C@@H](CC(=O)[C@@H](NC(=O)OCc1ccccc1)C1CCCCC1)C(C)(C)C. The Balaban J connectivity index is 2.08. The van der Waals surface area contributed by atoms with Crippen molar-refractivity contribution < 1.29 is 23.9 Å². The molecule has 6 heteroatoms. The number of esters is 1. The van der Waals surface area contributed by atoms with Crippen molar-refractivity contribution in [2.45, 2.75) is 71.9 Å². The largest absolute Gasteiger partial charge is 0.469 e. The number of Topliss-reactive ketones (excluding diaryl/α,β-unsaturated/α-hetero) is 1. The predicted molar refractivity (Wildman–Crippen MR) is 115 cm³/mol. The first kappa shape index (κ1) is 23.9. The maximum Gasteiger partial charge on any atom is 0.408 e. The van der Waals surface area contributed by atoms with Crippen LogP contribution in [-0.4, -0.2) is 31.0 Å². The van der Waals surface area contributed by atoms with Gasteiger partial charge in [-0.15, -0.1) is 0 Å². The van der Waals surface area contributed by atoms with Gasteiger partial charge in [-0.3, -0.25) is 9.59 Å². The Morgan fingerprint density at radius 1 is 1.07 bits per heavy atom. The average molecular weight is 418 g/mol. The Morgan fingerprint density at radius 3 is 2.27 bits per heavy atom. The molecule has 1 aromatic carbocycles. The van der Waals surface area contributed by atoms with Crippen LogP contribution in [0.3, 0.4) is 0 Å². The first-order valence-electron chi connectivity index (χ1n) is 10.8. The summed E-state index contributed by atoms with van der Waals surface area (Å²) < 4.78 is 10.3. The fourth-order valence-corrected chi connectivity index (χ4v) is 4.03. The molecule has 30 heavy (non-hydrogen) atoms. The summed E-state index contributed by atoms with van der Waals surface area (Å²) in [5, 5.41) is 2.81. The number of carbonyl (C=O) groups excluding carboxylic acids is 3. The number of ether oxygens (including phenoxy) is 2. The summed E-state index contributed by atoms with van der Waals surface area (Å²) in [6.07, 6.45) is 4.41. The minimum Gasteiger partial charge on any atom is -0.469 e. The molecule has 0 unspecified atom stereocenters. The first-order chi connectivity index (χ1) is 14.2. The summed E-state index contributed by atoms with van der Waals surface area (Å²) in [5.74, 6) is -1.04. The number of ketones is 1. The zero-order valence-electron chi connectivity index (χ0n) is 18.6. The van der Waals surface area contributed by atoms with Crippen molar-refractivity contribution in [2.24, 2.45) is 17.3 Å². The molecule has 2 atom stereocenters. The van der Waals surface area contributed by atoms with Crippen molar-refractivity contribution in [3.8, 4) is 0 Å². The van der Waals surface area contributed by atoms with Gasteiger partial charge in [0.15, 0.2) is 5.78 Å². The van der Waals surface area contributed by atoms with Crippen LogP contribution in [0, 0.1) is 17.3 Å². The van der Waals surface area contributed by atoms with Gasteiger partial charge in [0.25, 0.3) is 0 Å². The molecule has 0 spiro atoms. The van der Waals surface area contributed by atoms with Gasteiger partial charge in [-0.25, -0.2) is 4.79 Å². The van der Waals surface area contributed by atoms with E-state index in [1.807, 2.05) is 51.1 Å². The van der Waals surface area contributed by atoms with Gasteiger partial charge < -0.3 is 14.8 Å². The molecule has 0 radical (unpaired) electrons. The molecule has 1 aromatic rings. The van der Waals surface area contributed by atoms with Gasteiger partial charge in [-0.1, -0.05) is 70.4 Å². The molecular formula is C24H35NO5. The van der Waals surface area contributed by atoms with E-state index in [1.165, 1.54) is 7.11 Å². The zero-order valence-corrected chi connectivity index (χ0v) is 18.6. The lowest BCUT2D eigenvalue weighted by Crippen LogP contribution is -2.48. The highest BCUT2D eigenvalue weighted by Gasteiger charge is 2.38. The molecule has 0 aromatic heterocycles. The lowest BCUT2D eigenvalue weighted by Gasteiger charge is -2.33. The molecule has 1 N–H and O–H groups in total. The molecule has 1 fully saturated rings. The number of hydrogen-bond acceptors (Lipinski definition) is 5. The van der Waals surface area contributed by atoms with E-state index in [9.17, 15) is 14.4 Å². The van der Waals surface area contributed by atoms with E-state index in [2.05, 4.69) is 5.32 Å². The van der Waals surface area contributed by atoms with Crippen LogP contribution in [0.2, 0.25) is 0 Å². The second-order valence-corrected chi connectivity index (χ2v) is 9.19. The lowest BCUT2D eigenvalue weighted by atomic mass is 9.75. The number of benzene rings is 1. The van der Waals surface area contributed by atoms with Crippen LogP contribution >= 0.6 is 0 Å². The Morgan fingerprint density at radius 2 is 1.70 bits per heavy atom. The number of carbonyl (C=O) groups is 3. The van der Waals surface area contributed by atoms with Crippen LogP contribution in [0.15, 0.2) is 30.3 Å². The van der Waals surface area contributed by atoms with Crippen LogP contribution in [0.5, 0.6) is 0 Å². The Hall–Kier alpha value is -2.37. The van der Waals surface area contributed by atoms with Crippen molar-refractivity contribution in [3.63, 3.8) is 0 Å². The summed E-state index contributed by atoms with van der Waals surface area (Å²) in [5.41, 5.74) is 0.458. The maximum atomic E-state index is 13.3. The zero-order chi connectivity index (χ0) is 22.1. The molecule has 0 heterocycles. The number of nitrogens with one attached hydrogen (secondary N) is 1. The van der Waals surface area contributed by atoms with Gasteiger partial charge in [0, 0.05) is 6.42 Å². The van der Waals surface area contributed by atoms with E-state index >= 15 is 0 Å². The molecule has 2 rings (SSSR count). The van der Waals surface area contributed by atoms with Crippen LogP contribution in [0.25, 0.3) is 0 Å². The summed E-state index contributed by atoms with van der Waals surface area (Å²) in [4.78, 5) is 38.0. The third-order valence-corrected chi connectivity index (χ3v) is 5.89. The Labute approximate surface area is 179 Å². The van der Waals surface area contributed by atoms with Crippen molar-refractivity contribution in [1.82, 2.24) is 5.32 Å². The van der Waals surface area contributed by atoms with Gasteiger partial charge in [-0.05, 0) is 29.7 Å². The van der Waals surface area contributed by atoms with Gasteiger partial charge in [-0.2, -0.15) is 0 Å². The summed E-state index contributed by atoms with van der Waals surface area (Å²) >= 11 is 0. The van der Waals surface area contributed by atoms with Gasteiger partial charge in [0.2, 0.25) is 0 Å². The molecule has 1 saturated carbocycles. The second-order valence-electron chi connectivity index (χ2n) is 9.19. The quantitative estimate of drug-likeness (QED) is 0.622. The molecule has 0 aliphatic heterocycles. The molecule has 1 aliphatic carbocycles. The molecule has 0 saturated heterocycles. The molecule has 1 aliphatic rings. The minimum atomic E-state index is -0.650. The van der Waals surface area contributed by atoms with Gasteiger partial charge in [0.1, 0.15) is 6.61 Å². The maximum absolute atomic E-state index is 13.3. The van der Waals surface area contributed by atoms with Crippen molar-refractivity contribution in [3.05, 3.63) is 35.9 Å². The number of rotatable bonds is 8. The van der Waals surface area contributed by atoms with E-state index in [0.29, 0.717) is 0 Å². The van der Waals surface area contributed by atoms with Crippen molar-refractivity contribution in [1.29, 1.82) is 0 Å². The molecule has 1 amide bonds. The van der Waals surface area contributed by atoms with Gasteiger partial charge in [0.05, 0.1) is 19.1 Å². The molecule has 0 bridgehead atoms. The monoisotopic (exact) mass is 417 g/mol. The molecule has 6 nitrogen and oxygen atoms in total. The van der Waals surface area contributed by atoms with Gasteiger partial charge >= 0.3 is 12.1 Å². The topological polar surface area (TPSA) is 81.7 Å². The number of amides is 1. The van der Waals surface area contributed by atoms with E-state index in [1.54, 1.807) is 0 Å². The smallest absolute Gasteiger partial charge is 0.408 e. The second kappa shape index (κ2) is 11.1. The van der Waals surface area contributed by atoms with E-state index in [4.69, 9.17) is 9.47 Å². The standard InChI is InChI=1S/C24H35NO5/c1-24(2,3)19(22(27)29-4)15-20(26)21(18-13-9-6-10-14-18)25-23(28)30-16-17-11-7-5-8-12-17/h5,7-8,11-12,18-19,21H,6,9-10,13-16H2,1-4H3,(H,25,28)/t19-,21+/m1/s1. The van der Waals surface area contributed by atoms with Crippen LogP contribution < -0.4 is 5.32 Å². The Kier molecular flexibility index (Phi) is 8.88. The summed E-state index contributed by atoms with van der Waals surface area (Å²) in [6, 6.07) is 8.76. The fraction of sp³-hybridized carbons (Fsp3) is 0.625. The van der Waals surface area contributed by atoms with E-state index < -0.39 is 29.4 Å². The number of hydrogen-bond donors (Lipinski definition) is 1. The fourth-order valence-electron chi connectivity index (χ4n) is 4.03. The third kappa shape index (κ3) is 7.15. The number of alkyl carbamates (subject to hydrolysis) is 1. The van der Waals surface area contributed by atoms with Crippen LogP contribution in [-0.2, 0) is 25.7 Å². The summed E-state index contributed by atoms with van der Waals surface area (Å²) in [6.45, 7) is 5.89. The highest BCUT2D eigenvalue weighted by molar-refractivity contribution is 5.91. The number of methoxy groups -OCH3 is 1. The highest BCUT2D eigenvalue weighted by Crippen LogP contribution is 2.33. The third-order valence-electron chi connectivity index (χ3n) is 5.89. The van der Waals surface area contributed by atoms with Crippen molar-refractivity contribution >= 4 is 17.8 Å². The Bertz CT molecular complexity index is 704. The van der Waals surface area contributed by atoms with E-state index in [-0.39, 0.29) is 24.7 Å². The van der Waals surface area contributed by atoms with E-state index in [0.717, 1.165) is 37.7 Å². The van der Waals surface area contributed by atoms with Crippen molar-refractivity contribution in [2.75, 3.05) is 7.11 Å². The summed E-state index contributed by atoms with van der Waals surface area (Å²) in [7, 11) is 1.34. The predicted octanol–water partition coefficient (Wildman–Crippen LogP) is 4.66. The molecule has 166 valence electrons. The lowest BCUT2D eigenvalue weighted by molar-refractivity contribution is -0.151.